The molecule has 0 aliphatic carbocycles. The van der Waals surface area contributed by atoms with Gasteiger partial charge in [0, 0.05) is 8.47 Å². The lowest BCUT2D eigenvalue weighted by molar-refractivity contribution is -0.142. The minimum absolute atomic E-state index is 0.214. The Bertz CT molecular complexity index is 454. The first-order valence-electron chi connectivity index (χ1n) is 4.65. The Morgan fingerprint density at radius 2 is 2.31 bits per heavy atom. The van der Waals surface area contributed by atoms with E-state index in [0.29, 0.717) is 17.1 Å². The van der Waals surface area contributed by atoms with Crippen LogP contribution in [0.5, 0.6) is 0 Å². The number of benzene rings is 1. The van der Waals surface area contributed by atoms with Crippen molar-refractivity contribution in [3.05, 3.63) is 26.8 Å². The van der Waals surface area contributed by atoms with Gasteiger partial charge in [0.25, 0.3) is 0 Å². The highest BCUT2D eigenvalue weighted by Crippen LogP contribution is 2.21. The van der Waals surface area contributed by atoms with Crippen molar-refractivity contribution in [1.29, 1.82) is 5.26 Å². The van der Waals surface area contributed by atoms with Gasteiger partial charge in [-0.25, -0.2) is 0 Å². The third-order valence-electron chi connectivity index (χ3n) is 1.93. The highest BCUT2D eigenvalue weighted by molar-refractivity contribution is 14.1. The number of nitrogens with zero attached hydrogens (tertiary/aromatic N) is 1. The summed E-state index contributed by atoms with van der Waals surface area (Å²) in [6, 6.07) is 5.50. The molecule has 0 radical (unpaired) electrons. The molecule has 0 atom stereocenters. The maximum atomic E-state index is 11.3. The number of carbonyl (C=O) groups is 1. The number of halogens is 1. The molecule has 84 valence electrons. The zero-order valence-corrected chi connectivity index (χ0v) is 11.7. The van der Waals surface area contributed by atoms with Gasteiger partial charge in [0.2, 0.25) is 0 Å². The summed E-state index contributed by atoms with van der Waals surface area (Å²) in [6.45, 7) is 2.14. The van der Waals surface area contributed by atoms with Crippen LogP contribution in [0, 0.1) is 14.9 Å². The Hall–Kier alpha value is -0.740. The number of esters is 1. The van der Waals surface area contributed by atoms with Gasteiger partial charge in [0.15, 0.2) is 0 Å². The van der Waals surface area contributed by atoms with Crippen molar-refractivity contribution >= 4 is 41.2 Å². The number of rotatable bonds is 3. The predicted molar refractivity (Wildman–Crippen MR) is 71.5 cm³/mol. The SMILES string of the molecule is CCOC(=O)Cc1cc(S)c(C#N)cc1I. The average Bonchev–Trinajstić information content (AvgIpc) is 2.23. The molecule has 1 aromatic rings. The molecule has 0 aliphatic rings. The monoisotopic (exact) mass is 347 g/mol. The van der Waals surface area contributed by atoms with E-state index in [2.05, 4.69) is 35.2 Å². The van der Waals surface area contributed by atoms with Crippen molar-refractivity contribution in [1.82, 2.24) is 0 Å². The van der Waals surface area contributed by atoms with Crippen LogP contribution in [-0.4, -0.2) is 12.6 Å². The molecule has 0 saturated heterocycles. The molecule has 1 rings (SSSR count). The molecule has 0 heterocycles. The summed E-state index contributed by atoms with van der Waals surface area (Å²) < 4.78 is 5.74. The number of ether oxygens (including phenoxy) is 1. The van der Waals surface area contributed by atoms with Gasteiger partial charge in [-0.2, -0.15) is 5.26 Å². The first-order valence-corrected chi connectivity index (χ1v) is 6.18. The van der Waals surface area contributed by atoms with E-state index >= 15 is 0 Å². The van der Waals surface area contributed by atoms with Gasteiger partial charge in [0.05, 0.1) is 18.6 Å². The van der Waals surface area contributed by atoms with Crippen molar-refractivity contribution in [2.75, 3.05) is 6.61 Å². The maximum absolute atomic E-state index is 11.3. The predicted octanol–water partition coefficient (Wildman–Crippen LogP) is 2.56. The van der Waals surface area contributed by atoms with Crippen LogP contribution in [0.1, 0.15) is 18.1 Å². The Morgan fingerprint density at radius 1 is 1.62 bits per heavy atom. The van der Waals surface area contributed by atoms with E-state index in [0.717, 1.165) is 9.13 Å². The quantitative estimate of drug-likeness (QED) is 0.519. The molecule has 0 bridgehead atoms. The van der Waals surface area contributed by atoms with E-state index in [1.54, 1.807) is 19.1 Å². The lowest BCUT2D eigenvalue weighted by atomic mass is 10.1. The maximum Gasteiger partial charge on any atom is 0.310 e. The van der Waals surface area contributed by atoms with Crippen LogP contribution in [-0.2, 0) is 16.0 Å². The Kier molecular flexibility index (Phi) is 5.09. The molecule has 3 nitrogen and oxygen atoms in total. The number of thiol groups is 1. The fraction of sp³-hybridized carbons (Fsp3) is 0.273. The normalized spacial score (nSPS) is 9.62. The molecule has 5 heteroatoms. The largest absolute Gasteiger partial charge is 0.466 e. The van der Waals surface area contributed by atoms with Crippen LogP contribution in [0.15, 0.2) is 17.0 Å². The smallest absolute Gasteiger partial charge is 0.310 e. The Labute approximate surface area is 113 Å². The number of hydrogen-bond acceptors (Lipinski definition) is 4. The van der Waals surface area contributed by atoms with E-state index < -0.39 is 0 Å². The third kappa shape index (κ3) is 3.39. The standard InChI is InChI=1S/C11H10INO2S/c1-2-15-11(14)5-7-4-10(16)8(6-13)3-9(7)12/h3-4,16H,2,5H2,1H3. The van der Waals surface area contributed by atoms with Gasteiger partial charge in [-0.1, -0.05) is 0 Å². The fourth-order valence-corrected chi connectivity index (χ4v) is 2.13. The second-order valence-corrected chi connectivity index (χ2v) is 4.70. The summed E-state index contributed by atoms with van der Waals surface area (Å²) in [5.41, 5.74) is 1.35. The lowest BCUT2D eigenvalue weighted by Crippen LogP contribution is -2.08. The number of nitriles is 1. The lowest BCUT2D eigenvalue weighted by Gasteiger charge is -2.06. The Morgan fingerprint density at radius 3 is 2.88 bits per heavy atom. The molecule has 0 unspecified atom stereocenters. The fourth-order valence-electron chi connectivity index (χ4n) is 1.20. The van der Waals surface area contributed by atoms with Crippen LogP contribution in [0.4, 0.5) is 0 Å². The van der Waals surface area contributed by atoms with E-state index in [4.69, 9.17) is 10.00 Å². The van der Waals surface area contributed by atoms with Gasteiger partial charge in [-0.15, -0.1) is 12.6 Å². The molecule has 0 aliphatic heterocycles. The van der Waals surface area contributed by atoms with Gasteiger partial charge >= 0.3 is 5.97 Å². The number of carbonyl (C=O) groups excluding carboxylic acids is 1. The highest BCUT2D eigenvalue weighted by Gasteiger charge is 2.10. The van der Waals surface area contributed by atoms with Crippen LogP contribution in [0.2, 0.25) is 0 Å². The highest BCUT2D eigenvalue weighted by atomic mass is 127. The molecule has 0 fully saturated rings. The summed E-state index contributed by atoms with van der Waals surface area (Å²) in [7, 11) is 0. The van der Waals surface area contributed by atoms with Crippen LogP contribution in [0.3, 0.4) is 0 Å². The summed E-state index contributed by atoms with van der Waals surface area (Å²) >= 11 is 6.29. The molecule has 0 aromatic heterocycles. The van der Waals surface area contributed by atoms with E-state index in [1.165, 1.54) is 0 Å². The molecular weight excluding hydrogens is 337 g/mol. The average molecular weight is 347 g/mol. The van der Waals surface area contributed by atoms with Gasteiger partial charge < -0.3 is 4.74 Å². The molecule has 0 N–H and O–H groups in total. The van der Waals surface area contributed by atoms with Gasteiger partial charge in [0.1, 0.15) is 6.07 Å². The molecule has 0 spiro atoms. The van der Waals surface area contributed by atoms with Crippen molar-refractivity contribution in [3.63, 3.8) is 0 Å². The molecule has 0 saturated carbocycles. The number of hydrogen-bond donors (Lipinski definition) is 1. The van der Waals surface area contributed by atoms with Crippen molar-refractivity contribution in [3.8, 4) is 6.07 Å². The summed E-state index contributed by atoms with van der Waals surface area (Å²) in [5.74, 6) is -0.266. The molecule has 0 amide bonds. The minimum atomic E-state index is -0.266. The van der Waals surface area contributed by atoms with Crippen molar-refractivity contribution in [2.24, 2.45) is 0 Å². The minimum Gasteiger partial charge on any atom is -0.466 e. The second kappa shape index (κ2) is 6.11. The summed E-state index contributed by atoms with van der Waals surface area (Å²) in [6.07, 6.45) is 0.214. The van der Waals surface area contributed by atoms with Crippen molar-refractivity contribution in [2.45, 2.75) is 18.2 Å². The second-order valence-electron chi connectivity index (χ2n) is 3.05. The van der Waals surface area contributed by atoms with Crippen LogP contribution >= 0.6 is 35.2 Å². The first-order chi connectivity index (χ1) is 7.58. The third-order valence-corrected chi connectivity index (χ3v) is 3.30. The zero-order valence-electron chi connectivity index (χ0n) is 8.66. The van der Waals surface area contributed by atoms with E-state index in [9.17, 15) is 4.79 Å². The zero-order chi connectivity index (χ0) is 12.1. The summed E-state index contributed by atoms with van der Waals surface area (Å²) in [5, 5.41) is 8.81. The topological polar surface area (TPSA) is 50.1 Å². The molecule has 16 heavy (non-hydrogen) atoms. The van der Waals surface area contributed by atoms with Crippen molar-refractivity contribution < 1.29 is 9.53 Å². The Balaban J connectivity index is 2.95. The molecular formula is C11H10INO2S. The van der Waals surface area contributed by atoms with Gasteiger partial charge in [-0.05, 0) is 47.2 Å². The molecule has 1 aromatic carbocycles. The first kappa shape index (κ1) is 13.3. The van der Waals surface area contributed by atoms with Gasteiger partial charge in [-0.3, -0.25) is 4.79 Å². The summed E-state index contributed by atoms with van der Waals surface area (Å²) in [4.78, 5) is 11.9. The van der Waals surface area contributed by atoms with Crippen LogP contribution in [0.25, 0.3) is 0 Å². The van der Waals surface area contributed by atoms with E-state index in [-0.39, 0.29) is 12.4 Å². The van der Waals surface area contributed by atoms with Crippen LogP contribution < -0.4 is 0 Å². The van der Waals surface area contributed by atoms with E-state index in [1.807, 2.05) is 6.07 Å².